The Labute approximate surface area is 219 Å². The summed E-state index contributed by atoms with van der Waals surface area (Å²) in [7, 11) is 1.45. The molecule has 0 N–H and O–H groups in total. The number of ether oxygens (including phenoxy) is 3. The van der Waals surface area contributed by atoms with E-state index in [-0.39, 0.29) is 29.2 Å². The second kappa shape index (κ2) is 10.6. The highest BCUT2D eigenvalue weighted by Gasteiger charge is 2.34. The van der Waals surface area contributed by atoms with Crippen molar-refractivity contribution in [2.24, 2.45) is 4.99 Å². The molecular formula is C26H23BrN2O6S. The Morgan fingerprint density at radius 3 is 2.64 bits per heavy atom. The zero-order valence-electron chi connectivity index (χ0n) is 20.0. The average molecular weight is 571 g/mol. The number of hydrogen-bond donors (Lipinski definition) is 0. The highest BCUT2D eigenvalue weighted by molar-refractivity contribution is 9.10. The molecule has 2 aromatic carbocycles. The van der Waals surface area contributed by atoms with Crippen LogP contribution in [0, 0.1) is 0 Å². The van der Waals surface area contributed by atoms with E-state index in [1.807, 2.05) is 24.3 Å². The molecule has 0 spiro atoms. The van der Waals surface area contributed by atoms with Crippen molar-refractivity contribution >= 4 is 45.3 Å². The zero-order chi connectivity index (χ0) is 26.0. The Bertz CT molecular complexity index is 1570. The average Bonchev–Trinajstić information content (AvgIpc) is 3.12. The van der Waals surface area contributed by atoms with Gasteiger partial charge in [-0.2, -0.15) is 0 Å². The van der Waals surface area contributed by atoms with Gasteiger partial charge in [0.25, 0.3) is 5.56 Å². The summed E-state index contributed by atoms with van der Waals surface area (Å²) in [6.07, 6.45) is 1.79. The van der Waals surface area contributed by atoms with E-state index in [1.165, 1.54) is 29.9 Å². The van der Waals surface area contributed by atoms with Crippen molar-refractivity contribution in [1.29, 1.82) is 0 Å². The summed E-state index contributed by atoms with van der Waals surface area (Å²) in [5.74, 6) is -0.538. The van der Waals surface area contributed by atoms with Gasteiger partial charge < -0.3 is 14.2 Å². The molecule has 0 radical (unpaired) electrons. The minimum Gasteiger partial charge on any atom is -0.493 e. The van der Waals surface area contributed by atoms with E-state index in [9.17, 15) is 14.4 Å². The Balaban J connectivity index is 1.95. The van der Waals surface area contributed by atoms with E-state index < -0.39 is 18.0 Å². The van der Waals surface area contributed by atoms with Gasteiger partial charge in [-0.25, -0.2) is 9.79 Å². The van der Waals surface area contributed by atoms with E-state index in [0.717, 1.165) is 10.0 Å². The SMILES string of the molecule is CCOC(=O)C1=C(C)N=c2s/c(=C\c3cccc(Br)c3)c(=O)n2C1c1ccc(OC(C)=O)c(OC)c1. The highest BCUT2D eigenvalue weighted by Crippen LogP contribution is 2.36. The Morgan fingerprint density at radius 1 is 1.19 bits per heavy atom. The van der Waals surface area contributed by atoms with Crippen LogP contribution in [-0.4, -0.2) is 30.2 Å². The molecule has 3 aromatic rings. The van der Waals surface area contributed by atoms with Crippen molar-refractivity contribution in [3.8, 4) is 11.5 Å². The molecule has 0 saturated carbocycles. The van der Waals surface area contributed by atoms with Gasteiger partial charge in [0.2, 0.25) is 0 Å². The minimum absolute atomic E-state index is 0.171. The first-order chi connectivity index (χ1) is 17.2. The van der Waals surface area contributed by atoms with Crippen molar-refractivity contribution in [3.05, 3.63) is 89.0 Å². The molecule has 2 heterocycles. The number of carbonyl (C=O) groups excluding carboxylic acids is 2. The van der Waals surface area contributed by atoms with Gasteiger partial charge in [-0.3, -0.25) is 14.2 Å². The molecule has 0 bridgehead atoms. The van der Waals surface area contributed by atoms with Crippen LogP contribution in [0.1, 0.15) is 37.9 Å². The minimum atomic E-state index is -0.815. The third kappa shape index (κ3) is 5.05. The fourth-order valence-electron chi connectivity index (χ4n) is 3.95. The zero-order valence-corrected chi connectivity index (χ0v) is 22.4. The number of thiazole rings is 1. The number of esters is 2. The third-order valence-electron chi connectivity index (χ3n) is 5.42. The second-order valence-corrected chi connectivity index (χ2v) is 9.79. The van der Waals surface area contributed by atoms with Gasteiger partial charge in [0.1, 0.15) is 0 Å². The molecule has 10 heteroatoms. The molecule has 36 heavy (non-hydrogen) atoms. The number of fused-ring (bicyclic) bond motifs is 1. The van der Waals surface area contributed by atoms with E-state index in [1.54, 1.807) is 38.1 Å². The van der Waals surface area contributed by atoms with Gasteiger partial charge in [-0.1, -0.05) is 45.5 Å². The summed E-state index contributed by atoms with van der Waals surface area (Å²) in [5.41, 5.74) is 1.84. The first-order valence-corrected chi connectivity index (χ1v) is 12.7. The predicted octanol–water partition coefficient (Wildman–Crippen LogP) is 3.49. The van der Waals surface area contributed by atoms with Gasteiger partial charge in [0.15, 0.2) is 16.3 Å². The van der Waals surface area contributed by atoms with Crippen LogP contribution in [0.3, 0.4) is 0 Å². The fourth-order valence-corrected chi connectivity index (χ4v) is 5.41. The van der Waals surface area contributed by atoms with E-state index in [0.29, 0.717) is 20.6 Å². The van der Waals surface area contributed by atoms with E-state index in [2.05, 4.69) is 20.9 Å². The number of benzene rings is 2. The molecule has 0 aliphatic carbocycles. The Kier molecular flexibility index (Phi) is 7.56. The predicted molar refractivity (Wildman–Crippen MR) is 139 cm³/mol. The lowest BCUT2D eigenvalue weighted by Crippen LogP contribution is -2.40. The fraction of sp³-hybridized carbons (Fsp3) is 0.231. The number of nitrogens with zero attached hydrogens (tertiary/aromatic N) is 2. The first-order valence-electron chi connectivity index (χ1n) is 11.0. The topological polar surface area (TPSA) is 96.2 Å². The molecule has 1 atom stereocenters. The molecule has 1 aliphatic rings. The van der Waals surface area contributed by atoms with Crippen LogP contribution in [0.5, 0.6) is 11.5 Å². The lowest BCUT2D eigenvalue weighted by atomic mass is 9.95. The maximum absolute atomic E-state index is 13.7. The molecule has 0 amide bonds. The quantitative estimate of drug-likeness (QED) is 0.332. The maximum Gasteiger partial charge on any atom is 0.338 e. The number of carbonyl (C=O) groups is 2. The van der Waals surface area contributed by atoms with Crippen LogP contribution in [0.15, 0.2) is 68.0 Å². The summed E-state index contributed by atoms with van der Waals surface area (Å²) in [6.45, 7) is 4.90. The van der Waals surface area contributed by atoms with Gasteiger partial charge in [-0.05, 0) is 55.3 Å². The lowest BCUT2D eigenvalue weighted by molar-refractivity contribution is -0.139. The van der Waals surface area contributed by atoms with E-state index >= 15 is 0 Å². The van der Waals surface area contributed by atoms with Crippen LogP contribution in [-0.2, 0) is 14.3 Å². The van der Waals surface area contributed by atoms with Crippen LogP contribution < -0.4 is 24.4 Å². The lowest BCUT2D eigenvalue weighted by Gasteiger charge is -2.25. The molecule has 4 rings (SSSR count). The van der Waals surface area contributed by atoms with Gasteiger partial charge in [-0.15, -0.1) is 0 Å². The molecular weight excluding hydrogens is 548 g/mol. The smallest absolute Gasteiger partial charge is 0.338 e. The largest absolute Gasteiger partial charge is 0.493 e. The van der Waals surface area contributed by atoms with Crippen molar-refractivity contribution in [3.63, 3.8) is 0 Å². The number of hydrogen-bond acceptors (Lipinski definition) is 8. The van der Waals surface area contributed by atoms with Crippen molar-refractivity contribution in [2.45, 2.75) is 26.8 Å². The Morgan fingerprint density at radius 2 is 1.97 bits per heavy atom. The van der Waals surface area contributed by atoms with E-state index in [4.69, 9.17) is 14.2 Å². The normalized spacial score (nSPS) is 15.2. The first kappa shape index (κ1) is 25.6. The number of aromatic nitrogens is 1. The van der Waals surface area contributed by atoms with Gasteiger partial charge >= 0.3 is 11.9 Å². The van der Waals surface area contributed by atoms with Crippen molar-refractivity contribution in [2.75, 3.05) is 13.7 Å². The second-order valence-electron chi connectivity index (χ2n) is 7.86. The van der Waals surface area contributed by atoms with Gasteiger partial charge in [0, 0.05) is 11.4 Å². The van der Waals surface area contributed by atoms with Crippen molar-refractivity contribution in [1.82, 2.24) is 4.57 Å². The molecule has 0 fully saturated rings. The maximum atomic E-state index is 13.7. The molecule has 1 aromatic heterocycles. The number of allylic oxidation sites excluding steroid dienone is 1. The molecule has 8 nitrogen and oxygen atoms in total. The molecule has 0 saturated heterocycles. The highest BCUT2D eigenvalue weighted by atomic mass is 79.9. The summed E-state index contributed by atoms with van der Waals surface area (Å²) in [4.78, 5) is 43.3. The molecule has 1 unspecified atom stereocenters. The van der Waals surface area contributed by atoms with Gasteiger partial charge in [0.05, 0.1) is 35.6 Å². The number of methoxy groups -OCH3 is 1. The van der Waals surface area contributed by atoms with Crippen LogP contribution in [0.25, 0.3) is 6.08 Å². The van der Waals surface area contributed by atoms with Crippen molar-refractivity contribution < 1.29 is 23.8 Å². The van der Waals surface area contributed by atoms with Crippen LogP contribution in [0.4, 0.5) is 0 Å². The third-order valence-corrected chi connectivity index (χ3v) is 6.90. The Hall–Kier alpha value is -3.50. The standard InChI is InChI=1S/C26H23BrN2O6S/c1-5-34-25(32)22-14(2)28-26-29(24(31)21(36-26)12-16-7-6-8-18(27)11-16)23(22)17-9-10-19(35-15(3)30)20(13-17)33-4/h6-13,23H,5H2,1-4H3/b21-12-. The summed E-state index contributed by atoms with van der Waals surface area (Å²) >= 11 is 4.69. The van der Waals surface area contributed by atoms with Crippen LogP contribution >= 0.6 is 27.3 Å². The number of halogens is 1. The summed E-state index contributed by atoms with van der Waals surface area (Å²) < 4.78 is 18.8. The summed E-state index contributed by atoms with van der Waals surface area (Å²) in [6, 6.07) is 11.7. The summed E-state index contributed by atoms with van der Waals surface area (Å²) in [5, 5.41) is 0. The van der Waals surface area contributed by atoms with Crippen LogP contribution in [0.2, 0.25) is 0 Å². The number of rotatable bonds is 6. The molecule has 186 valence electrons. The molecule has 1 aliphatic heterocycles. The monoisotopic (exact) mass is 570 g/mol.